The first-order valence-electron chi connectivity index (χ1n) is 7.68. The summed E-state index contributed by atoms with van der Waals surface area (Å²) < 4.78 is 5.60. The molecule has 1 aliphatic carbocycles. The van der Waals surface area contributed by atoms with Crippen molar-refractivity contribution in [2.45, 2.75) is 31.8 Å². The highest BCUT2D eigenvalue weighted by Crippen LogP contribution is 2.29. The van der Waals surface area contributed by atoms with Gasteiger partial charge in [-0.05, 0) is 44.5 Å². The summed E-state index contributed by atoms with van der Waals surface area (Å²) in [5.41, 5.74) is 7.88. The topological polar surface area (TPSA) is 55.3 Å². The highest BCUT2D eigenvalue weighted by atomic mass is 16.3. The van der Waals surface area contributed by atoms with Crippen LogP contribution in [0.4, 0.5) is 0 Å². The van der Waals surface area contributed by atoms with Gasteiger partial charge in [-0.1, -0.05) is 24.6 Å². The summed E-state index contributed by atoms with van der Waals surface area (Å²) in [6, 6.07) is 10.6. The third kappa shape index (κ3) is 3.17. The fraction of sp³-hybridized carbons (Fsp3) is 0.471. The van der Waals surface area contributed by atoms with Gasteiger partial charge in [0.2, 0.25) is 5.89 Å². The lowest BCUT2D eigenvalue weighted by atomic mass is 10.0. The minimum absolute atomic E-state index is 0.576. The molecule has 0 bridgehead atoms. The Morgan fingerprint density at radius 2 is 2.10 bits per heavy atom. The number of aromatic nitrogens is 1. The molecular formula is C17H23N3O. The third-order valence-corrected chi connectivity index (χ3v) is 4.47. The zero-order valence-corrected chi connectivity index (χ0v) is 12.5. The van der Waals surface area contributed by atoms with Crippen LogP contribution in [-0.2, 0) is 6.54 Å². The van der Waals surface area contributed by atoms with E-state index in [-0.39, 0.29) is 0 Å². The molecule has 112 valence electrons. The summed E-state index contributed by atoms with van der Waals surface area (Å²) >= 11 is 0. The molecule has 1 aliphatic rings. The summed E-state index contributed by atoms with van der Waals surface area (Å²) in [6.07, 6.45) is 5.54. The molecule has 0 amide bonds. The Morgan fingerprint density at radius 3 is 2.86 bits per heavy atom. The van der Waals surface area contributed by atoms with Crippen molar-refractivity contribution in [3.63, 3.8) is 0 Å². The van der Waals surface area contributed by atoms with Gasteiger partial charge in [-0.2, -0.15) is 0 Å². The number of benzene rings is 1. The minimum atomic E-state index is 0.576. The first-order valence-corrected chi connectivity index (χ1v) is 7.68. The van der Waals surface area contributed by atoms with E-state index in [0.29, 0.717) is 17.9 Å². The van der Waals surface area contributed by atoms with E-state index in [4.69, 9.17) is 10.2 Å². The fourth-order valence-electron chi connectivity index (χ4n) is 3.34. The van der Waals surface area contributed by atoms with Gasteiger partial charge in [-0.15, -0.1) is 0 Å². The van der Waals surface area contributed by atoms with Crippen LogP contribution in [0.5, 0.6) is 0 Å². The van der Waals surface area contributed by atoms with Gasteiger partial charge in [-0.3, -0.25) is 4.90 Å². The van der Waals surface area contributed by atoms with Crippen LogP contribution in [0.2, 0.25) is 0 Å². The van der Waals surface area contributed by atoms with Crippen molar-refractivity contribution in [1.82, 2.24) is 9.88 Å². The smallest absolute Gasteiger partial charge is 0.226 e. The van der Waals surface area contributed by atoms with Crippen molar-refractivity contribution in [2.75, 3.05) is 13.6 Å². The van der Waals surface area contributed by atoms with Crippen LogP contribution in [0.15, 0.2) is 41.0 Å². The highest BCUT2D eigenvalue weighted by molar-refractivity contribution is 5.52. The SMILES string of the molecule is CN(Cc1coc(-c2ccccc2)n1)C1CCCC1CN. The maximum absolute atomic E-state index is 5.87. The van der Waals surface area contributed by atoms with Crippen LogP contribution in [0, 0.1) is 5.92 Å². The van der Waals surface area contributed by atoms with Crippen LogP contribution in [0.3, 0.4) is 0 Å². The standard InChI is InChI=1S/C17H23N3O/c1-20(16-9-5-8-14(16)10-18)11-15-12-21-17(19-15)13-6-3-2-4-7-13/h2-4,6-7,12,14,16H,5,8-11,18H2,1H3. The minimum Gasteiger partial charge on any atom is -0.444 e. The number of rotatable bonds is 5. The average Bonchev–Trinajstić information content (AvgIpc) is 3.16. The summed E-state index contributed by atoms with van der Waals surface area (Å²) in [7, 11) is 2.16. The zero-order valence-electron chi connectivity index (χ0n) is 12.5. The van der Waals surface area contributed by atoms with E-state index in [0.717, 1.165) is 24.3 Å². The van der Waals surface area contributed by atoms with E-state index >= 15 is 0 Å². The molecule has 1 fully saturated rings. The average molecular weight is 285 g/mol. The van der Waals surface area contributed by atoms with Crippen molar-refractivity contribution in [3.05, 3.63) is 42.3 Å². The summed E-state index contributed by atoms with van der Waals surface area (Å²) in [5, 5.41) is 0. The lowest BCUT2D eigenvalue weighted by molar-refractivity contribution is 0.191. The van der Waals surface area contributed by atoms with E-state index in [1.807, 2.05) is 30.3 Å². The molecule has 4 heteroatoms. The molecule has 0 spiro atoms. The largest absolute Gasteiger partial charge is 0.444 e. The predicted octanol–water partition coefficient (Wildman–Crippen LogP) is 2.90. The second-order valence-corrected chi connectivity index (χ2v) is 5.92. The Labute approximate surface area is 126 Å². The highest BCUT2D eigenvalue weighted by Gasteiger charge is 2.29. The van der Waals surface area contributed by atoms with Gasteiger partial charge < -0.3 is 10.2 Å². The predicted molar refractivity (Wildman–Crippen MR) is 83.6 cm³/mol. The van der Waals surface area contributed by atoms with Gasteiger partial charge in [0.25, 0.3) is 0 Å². The number of oxazole rings is 1. The molecule has 2 atom stereocenters. The molecule has 0 radical (unpaired) electrons. The van der Waals surface area contributed by atoms with E-state index < -0.39 is 0 Å². The molecule has 3 rings (SSSR count). The number of nitrogens with two attached hydrogens (primary N) is 1. The van der Waals surface area contributed by atoms with Crippen LogP contribution in [0.1, 0.15) is 25.0 Å². The van der Waals surface area contributed by atoms with Crippen LogP contribution in [-0.4, -0.2) is 29.5 Å². The first kappa shape index (κ1) is 14.3. The van der Waals surface area contributed by atoms with Crippen LogP contribution >= 0.6 is 0 Å². The number of hydrogen-bond donors (Lipinski definition) is 1. The van der Waals surface area contributed by atoms with E-state index in [2.05, 4.69) is 16.9 Å². The first-order chi connectivity index (χ1) is 10.3. The third-order valence-electron chi connectivity index (χ3n) is 4.47. The normalized spacial score (nSPS) is 22.0. The van der Waals surface area contributed by atoms with Gasteiger partial charge in [0.15, 0.2) is 0 Å². The Morgan fingerprint density at radius 1 is 1.29 bits per heavy atom. The Hall–Kier alpha value is -1.65. The van der Waals surface area contributed by atoms with Crippen molar-refractivity contribution in [2.24, 2.45) is 11.7 Å². The van der Waals surface area contributed by atoms with Crippen molar-refractivity contribution in [3.8, 4) is 11.5 Å². The molecule has 1 aromatic carbocycles. The van der Waals surface area contributed by atoms with Gasteiger partial charge in [0, 0.05) is 18.2 Å². The lowest BCUT2D eigenvalue weighted by Crippen LogP contribution is -2.37. The quantitative estimate of drug-likeness (QED) is 0.917. The fourth-order valence-corrected chi connectivity index (χ4v) is 3.34. The monoisotopic (exact) mass is 285 g/mol. The van der Waals surface area contributed by atoms with Crippen molar-refractivity contribution < 1.29 is 4.42 Å². The molecule has 21 heavy (non-hydrogen) atoms. The number of hydrogen-bond acceptors (Lipinski definition) is 4. The Balaban J connectivity index is 1.67. The summed E-state index contributed by atoms with van der Waals surface area (Å²) in [6.45, 7) is 1.60. The van der Waals surface area contributed by atoms with E-state index in [1.54, 1.807) is 6.26 Å². The molecule has 1 heterocycles. The van der Waals surface area contributed by atoms with Crippen molar-refractivity contribution >= 4 is 0 Å². The van der Waals surface area contributed by atoms with Gasteiger partial charge in [0.05, 0.1) is 5.69 Å². The molecular weight excluding hydrogens is 262 g/mol. The zero-order chi connectivity index (χ0) is 14.7. The van der Waals surface area contributed by atoms with Crippen molar-refractivity contribution in [1.29, 1.82) is 0 Å². The molecule has 1 saturated carbocycles. The maximum Gasteiger partial charge on any atom is 0.226 e. The van der Waals surface area contributed by atoms with Gasteiger partial charge >= 0.3 is 0 Å². The second kappa shape index (κ2) is 6.41. The van der Waals surface area contributed by atoms with Crippen LogP contribution < -0.4 is 5.73 Å². The molecule has 0 aliphatic heterocycles. The maximum atomic E-state index is 5.87. The van der Waals surface area contributed by atoms with Gasteiger partial charge in [-0.25, -0.2) is 4.98 Å². The molecule has 2 aromatic rings. The lowest BCUT2D eigenvalue weighted by Gasteiger charge is -2.28. The molecule has 1 aromatic heterocycles. The molecule has 4 nitrogen and oxygen atoms in total. The molecule has 2 N–H and O–H groups in total. The second-order valence-electron chi connectivity index (χ2n) is 5.92. The van der Waals surface area contributed by atoms with Gasteiger partial charge in [0.1, 0.15) is 6.26 Å². The van der Waals surface area contributed by atoms with Crippen LogP contribution in [0.25, 0.3) is 11.5 Å². The Kier molecular flexibility index (Phi) is 4.36. The number of nitrogens with zero attached hydrogens (tertiary/aromatic N) is 2. The van der Waals surface area contributed by atoms with E-state index in [1.165, 1.54) is 19.3 Å². The Bertz CT molecular complexity index is 566. The summed E-state index contributed by atoms with van der Waals surface area (Å²) in [4.78, 5) is 6.98. The molecule has 0 saturated heterocycles. The molecule has 2 unspecified atom stereocenters. The summed E-state index contributed by atoms with van der Waals surface area (Å²) in [5.74, 6) is 1.32. The van der Waals surface area contributed by atoms with E-state index in [9.17, 15) is 0 Å².